The van der Waals surface area contributed by atoms with E-state index < -0.39 is 23.8 Å². The molecule has 3 amide bonds. The summed E-state index contributed by atoms with van der Waals surface area (Å²) in [4.78, 5) is 54.3. The van der Waals surface area contributed by atoms with Crippen molar-refractivity contribution in [1.29, 1.82) is 0 Å². The monoisotopic (exact) mass is 498 g/mol. The van der Waals surface area contributed by atoms with Crippen LogP contribution < -0.4 is 0 Å². The van der Waals surface area contributed by atoms with E-state index in [0.717, 1.165) is 34.8 Å². The van der Waals surface area contributed by atoms with Crippen LogP contribution in [0.2, 0.25) is 10.0 Å². The Labute approximate surface area is 207 Å². The molecule has 5 atom stereocenters. The largest absolute Gasteiger partial charge is 0.292 e. The minimum atomic E-state index is -1.09. The van der Waals surface area contributed by atoms with Gasteiger partial charge in [0.05, 0.1) is 21.9 Å². The number of carbonyl (C=O) groups excluding carboxylic acids is 4. The van der Waals surface area contributed by atoms with E-state index in [1.54, 1.807) is 31.2 Å². The summed E-state index contributed by atoms with van der Waals surface area (Å²) >= 11 is 12.2. The number of amides is 3. The molecule has 3 fully saturated rings. The minimum absolute atomic E-state index is 0.138. The van der Waals surface area contributed by atoms with E-state index in [1.165, 1.54) is 18.2 Å². The lowest BCUT2D eigenvalue weighted by atomic mass is 9.81. The molecule has 0 aromatic heterocycles. The summed E-state index contributed by atoms with van der Waals surface area (Å²) in [6, 6.07) is 10.2. The van der Waals surface area contributed by atoms with Crippen molar-refractivity contribution < 1.29 is 19.2 Å². The van der Waals surface area contributed by atoms with Crippen molar-refractivity contribution >= 4 is 46.7 Å². The van der Waals surface area contributed by atoms with E-state index in [4.69, 9.17) is 23.2 Å². The summed E-state index contributed by atoms with van der Waals surface area (Å²) in [5.41, 5.74) is 1.52. The summed E-state index contributed by atoms with van der Waals surface area (Å²) in [5.74, 6) is -2.33. The van der Waals surface area contributed by atoms with Gasteiger partial charge in [-0.1, -0.05) is 53.0 Å². The van der Waals surface area contributed by atoms with Crippen LogP contribution in [-0.2, 0) is 9.59 Å². The number of halogens is 2. The standard InChI is InChI=1S/C26H24Cl2N2O4/c1-13-3-5-15(6-4-13)23(31)14(2)29(24(32)18-9-10-19(27)20(28)12-18)30-25(33)21-16-7-8-17(11-16)22(21)26(30)34/h3-6,9-10,12,14,16-17,21-22H,7-8,11H2,1-2H3/t14-,16+,17+,21-,22+/m1/s1. The van der Waals surface area contributed by atoms with Crippen molar-refractivity contribution in [3.05, 3.63) is 69.2 Å². The third-order valence-corrected chi connectivity index (χ3v) is 8.32. The molecule has 3 aliphatic rings. The van der Waals surface area contributed by atoms with E-state index in [2.05, 4.69) is 0 Å². The SMILES string of the molecule is Cc1ccc(C(=O)[C@@H](C)N(C(=O)c2ccc(Cl)c(Cl)c2)N2C(=O)[C@@H]3[C@H]4CC[C@@H](C4)[C@@H]3C2=O)cc1. The Morgan fingerprint density at radius 2 is 1.47 bits per heavy atom. The fourth-order valence-electron chi connectivity index (χ4n) is 5.88. The van der Waals surface area contributed by atoms with Gasteiger partial charge in [0, 0.05) is 11.1 Å². The van der Waals surface area contributed by atoms with E-state index >= 15 is 0 Å². The summed E-state index contributed by atoms with van der Waals surface area (Å²) in [6.07, 6.45) is 2.70. The number of hydrazine groups is 1. The molecule has 2 bridgehead atoms. The number of carbonyl (C=O) groups is 4. The van der Waals surface area contributed by atoms with Crippen molar-refractivity contribution in [3.63, 3.8) is 0 Å². The molecule has 0 radical (unpaired) electrons. The second-order valence-electron chi connectivity index (χ2n) is 9.56. The number of hydrogen-bond acceptors (Lipinski definition) is 4. The van der Waals surface area contributed by atoms with Crippen LogP contribution in [-0.4, -0.2) is 39.6 Å². The van der Waals surface area contributed by atoms with Crippen molar-refractivity contribution in [3.8, 4) is 0 Å². The fourth-order valence-corrected chi connectivity index (χ4v) is 6.17. The molecular weight excluding hydrogens is 475 g/mol. The van der Waals surface area contributed by atoms with Gasteiger partial charge in [-0.15, -0.1) is 0 Å². The molecule has 34 heavy (non-hydrogen) atoms. The van der Waals surface area contributed by atoms with Crippen LogP contribution in [0, 0.1) is 30.6 Å². The summed E-state index contributed by atoms with van der Waals surface area (Å²) in [6.45, 7) is 3.45. The molecule has 5 rings (SSSR count). The van der Waals surface area contributed by atoms with Crippen molar-refractivity contribution in [2.24, 2.45) is 23.7 Å². The smallest absolute Gasteiger partial charge is 0.273 e. The number of fused-ring (bicyclic) bond motifs is 5. The Hall–Kier alpha value is -2.70. The summed E-state index contributed by atoms with van der Waals surface area (Å²) < 4.78 is 0. The van der Waals surface area contributed by atoms with Crippen LogP contribution >= 0.6 is 23.2 Å². The number of rotatable bonds is 5. The molecular formula is C26H24Cl2N2O4. The Bertz CT molecular complexity index is 1180. The third kappa shape index (κ3) is 3.55. The molecule has 2 aromatic rings. The maximum absolute atomic E-state index is 13.7. The van der Waals surface area contributed by atoms with Gasteiger partial charge in [0.2, 0.25) is 0 Å². The average Bonchev–Trinajstić information content (AvgIpc) is 3.51. The number of ketones is 1. The van der Waals surface area contributed by atoms with Crippen LogP contribution in [0.4, 0.5) is 0 Å². The molecule has 1 heterocycles. The van der Waals surface area contributed by atoms with Crippen molar-refractivity contribution in [2.45, 2.75) is 39.2 Å². The van der Waals surface area contributed by atoms with E-state index in [0.29, 0.717) is 5.56 Å². The lowest BCUT2D eigenvalue weighted by molar-refractivity contribution is -0.157. The molecule has 2 aromatic carbocycles. The van der Waals surface area contributed by atoms with Crippen LogP contribution in [0.1, 0.15) is 52.5 Å². The number of Topliss-reactive ketones (excluding diaryl/α,β-unsaturated/α-hetero) is 1. The highest BCUT2D eigenvalue weighted by atomic mass is 35.5. The number of nitrogens with zero attached hydrogens (tertiary/aromatic N) is 2. The van der Waals surface area contributed by atoms with Gasteiger partial charge in [-0.2, -0.15) is 5.01 Å². The minimum Gasteiger partial charge on any atom is -0.292 e. The Morgan fingerprint density at radius 1 is 0.912 bits per heavy atom. The molecule has 1 saturated heterocycles. The Kier molecular flexibility index (Phi) is 5.77. The molecule has 0 spiro atoms. The van der Waals surface area contributed by atoms with Gasteiger partial charge in [-0.3, -0.25) is 19.2 Å². The average molecular weight is 499 g/mol. The molecule has 2 saturated carbocycles. The van der Waals surface area contributed by atoms with E-state index in [1.807, 2.05) is 6.92 Å². The number of hydrogen-bond donors (Lipinski definition) is 0. The highest BCUT2D eigenvalue weighted by Gasteiger charge is 2.63. The zero-order valence-electron chi connectivity index (χ0n) is 18.8. The zero-order chi connectivity index (χ0) is 24.3. The molecule has 0 N–H and O–H groups in total. The second kappa shape index (κ2) is 8.51. The predicted molar refractivity (Wildman–Crippen MR) is 127 cm³/mol. The highest BCUT2D eigenvalue weighted by Crippen LogP contribution is 2.56. The van der Waals surface area contributed by atoms with Crippen LogP contribution in [0.25, 0.3) is 0 Å². The molecule has 1 aliphatic heterocycles. The zero-order valence-corrected chi connectivity index (χ0v) is 20.3. The van der Waals surface area contributed by atoms with Crippen LogP contribution in [0.5, 0.6) is 0 Å². The Morgan fingerprint density at radius 3 is 2.03 bits per heavy atom. The van der Waals surface area contributed by atoms with E-state index in [-0.39, 0.29) is 45.0 Å². The van der Waals surface area contributed by atoms with Gasteiger partial charge < -0.3 is 0 Å². The van der Waals surface area contributed by atoms with Gasteiger partial charge in [-0.05, 0) is 63.1 Å². The third-order valence-electron chi connectivity index (χ3n) is 7.58. The van der Waals surface area contributed by atoms with E-state index in [9.17, 15) is 19.2 Å². The lowest BCUT2D eigenvalue weighted by Gasteiger charge is -2.35. The van der Waals surface area contributed by atoms with Gasteiger partial charge in [-0.25, -0.2) is 5.01 Å². The van der Waals surface area contributed by atoms with Gasteiger partial charge in [0.1, 0.15) is 6.04 Å². The summed E-state index contributed by atoms with van der Waals surface area (Å²) in [5, 5.41) is 2.41. The first-order valence-corrected chi connectivity index (χ1v) is 12.2. The van der Waals surface area contributed by atoms with Crippen LogP contribution in [0.3, 0.4) is 0 Å². The van der Waals surface area contributed by atoms with Gasteiger partial charge >= 0.3 is 0 Å². The quantitative estimate of drug-likeness (QED) is 0.431. The van der Waals surface area contributed by atoms with Crippen LogP contribution in [0.15, 0.2) is 42.5 Å². The van der Waals surface area contributed by atoms with Gasteiger partial charge in [0.15, 0.2) is 5.78 Å². The normalized spacial score (nSPS) is 26.1. The molecule has 176 valence electrons. The molecule has 6 nitrogen and oxygen atoms in total. The first kappa shape index (κ1) is 23.1. The first-order valence-electron chi connectivity index (χ1n) is 11.5. The maximum Gasteiger partial charge on any atom is 0.273 e. The molecule has 8 heteroatoms. The lowest BCUT2D eigenvalue weighted by Crippen LogP contribution is -2.56. The molecule has 0 unspecified atom stereocenters. The topological polar surface area (TPSA) is 74.8 Å². The number of aryl methyl sites for hydroxylation is 1. The maximum atomic E-state index is 13.7. The highest BCUT2D eigenvalue weighted by molar-refractivity contribution is 6.42. The Balaban J connectivity index is 1.55. The number of benzene rings is 2. The molecule has 2 aliphatic carbocycles. The van der Waals surface area contributed by atoms with Crippen molar-refractivity contribution in [1.82, 2.24) is 10.0 Å². The second-order valence-corrected chi connectivity index (χ2v) is 10.4. The predicted octanol–water partition coefficient (Wildman–Crippen LogP) is 4.96. The van der Waals surface area contributed by atoms with Gasteiger partial charge in [0.25, 0.3) is 17.7 Å². The fraction of sp³-hybridized carbons (Fsp3) is 0.385. The summed E-state index contributed by atoms with van der Waals surface area (Å²) in [7, 11) is 0. The van der Waals surface area contributed by atoms with Crippen molar-refractivity contribution in [2.75, 3.05) is 0 Å². The first-order chi connectivity index (χ1) is 16.2. The number of imide groups is 1.